The molecule has 1 saturated carbocycles. The fourth-order valence-corrected chi connectivity index (χ4v) is 3.76. The number of methoxy groups -OCH3 is 1. The molecule has 0 aromatic heterocycles. The number of ether oxygens (including phenoxy) is 2. The first-order valence-corrected chi connectivity index (χ1v) is 12.1. The summed E-state index contributed by atoms with van der Waals surface area (Å²) in [5.74, 6) is -1.63. The van der Waals surface area contributed by atoms with Crippen molar-refractivity contribution in [1.82, 2.24) is 15.5 Å². The molecular formula is C26H39N3O6. The first-order valence-electron chi connectivity index (χ1n) is 12.1. The molecule has 0 bridgehead atoms. The number of carbonyl (C=O) groups excluding carboxylic acids is 4. The van der Waals surface area contributed by atoms with Gasteiger partial charge in [-0.1, -0.05) is 50.1 Å². The molecule has 2 rings (SSSR count). The molecule has 2 N–H and O–H groups in total. The van der Waals surface area contributed by atoms with Crippen molar-refractivity contribution < 1.29 is 28.7 Å². The molecule has 35 heavy (non-hydrogen) atoms. The van der Waals surface area contributed by atoms with Crippen LogP contribution in [0, 0.1) is 12.8 Å². The topological polar surface area (TPSA) is 114 Å². The van der Waals surface area contributed by atoms with Crippen LogP contribution in [0.1, 0.15) is 71.0 Å². The molecule has 0 saturated heterocycles. The van der Waals surface area contributed by atoms with Crippen LogP contribution in [-0.4, -0.2) is 60.1 Å². The van der Waals surface area contributed by atoms with Crippen molar-refractivity contribution in [3.63, 3.8) is 0 Å². The standard InChI is InChI=1S/C26H39N3O6/c1-8-17(3)21(28-25(33)35-26(4,5)6)24(32)29(19-12-13-19)22(18-11-9-10-16(2)14-18)23(31)27-15-20(30)34-7/h9-11,14,17,19,21-22H,8,12-13,15H2,1-7H3,(H,27,31)(H,28,33). The van der Waals surface area contributed by atoms with Gasteiger partial charge in [0.05, 0.1) is 7.11 Å². The second-order valence-electron chi connectivity index (χ2n) is 10.1. The minimum atomic E-state index is -0.966. The van der Waals surface area contributed by atoms with Crippen molar-refractivity contribution in [3.05, 3.63) is 35.4 Å². The summed E-state index contributed by atoms with van der Waals surface area (Å²) in [4.78, 5) is 53.2. The van der Waals surface area contributed by atoms with Crippen molar-refractivity contribution in [2.24, 2.45) is 5.92 Å². The molecule has 0 aliphatic heterocycles. The summed E-state index contributed by atoms with van der Waals surface area (Å²) in [6.07, 6.45) is 1.44. The Bertz CT molecular complexity index is 922. The molecule has 1 aliphatic rings. The third kappa shape index (κ3) is 8.26. The van der Waals surface area contributed by atoms with E-state index in [-0.39, 0.29) is 24.4 Å². The highest BCUT2D eigenvalue weighted by Gasteiger charge is 2.45. The van der Waals surface area contributed by atoms with E-state index in [1.807, 2.05) is 39.0 Å². The first-order chi connectivity index (χ1) is 16.4. The number of hydrogen-bond donors (Lipinski definition) is 2. The average molecular weight is 490 g/mol. The molecule has 9 heteroatoms. The Morgan fingerprint density at radius 3 is 2.34 bits per heavy atom. The molecule has 0 spiro atoms. The molecule has 3 amide bonds. The van der Waals surface area contributed by atoms with E-state index in [2.05, 4.69) is 15.4 Å². The maximum atomic E-state index is 14.0. The van der Waals surface area contributed by atoms with E-state index in [1.165, 1.54) is 7.11 Å². The highest BCUT2D eigenvalue weighted by Crippen LogP contribution is 2.36. The minimum Gasteiger partial charge on any atom is -0.468 e. The zero-order chi connectivity index (χ0) is 26.3. The van der Waals surface area contributed by atoms with Gasteiger partial charge < -0.3 is 25.0 Å². The van der Waals surface area contributed by atoms with Crippen LogP contribution < -0.4 is 10.6 Å². The third-order valence-electron chi connectivity index (χ3n) is 5.87. The van der Waals surface area contributed by atoms with Gasteiger partial charge >= 0.3 is 12.1 Å². The Morgan fingerprint density at radius 1 is 1.17 bits per heavy atom. The maximum Gasteiger partial charge on any atom is 0.408 e. The lowest BCUT2D eigenvalue weighted by Gasteiger charge is -2.36. The van der Waals surface area contributed by atoms with Gasteiger partial charge in [-0.2, -0.15) is 0 Å². The van der Waals surface area contributed by atoms with Crippen LogP contribution in [0.2, 0.25) is 0 Å². The number of carbonyl (C=O) groups is 4. The number of nitrogens with zero attached hydrogens (tertiary/aromatic N) is 1. The van der Waals surface area contributed by atoms with Gasteiger partial charge in [-0.25, -0.2) is 4.79 Å². The largest absolute Gasteiger partial charge is 0.468 e. The van der Waals surface area contributed by atoms with E-state index in [9.17, 15) is 19.2 Å². The van der Waals surface area contributed by atoms with Gasteiger partial charge in [-0.15, -0.1) is 0 Å². The van der Waals surface area contributed by atoms with Crippen molar-refractivity contribution >= 4 is 23.9 Å². The van der Waals surface area contributed by atoms with E-state index in [0.29, 0.717) is 12.0 Å². The SMILES string of the molecule is CCC(C)C(NC(=O)OC(C)(C)C)C(=O)N(C1CC1)C(C(=O)NCC(=O)OC)c1cccc(C)c1. The van der Waals surface area contributed by atoms with E-state index in [0.717, 1.165) is 18.4 Å². The zero-order valence-electron chi connectivity index (χ0n) is 21.8. The molecule has 3 unspecified atom stereocenters. The molecular weight excluding hydrogens is 450 g/mol. The number of alkyl carbamates (subject to hydrolysis) is 1. The summed E-state index contributed by atoms with van der Waals surface area (Å²) in [7, 11) is 1.24. The van der Waals surface area contributed by atoms with Gasteiger partial charge in [-0.05, 0) is 52.0 Å². The normalized spacial score (nSPS) is 15.9. The lowest BCUT2D eigenvalue weighted by molar-refractivity contribution is -0.145. The van der Waals surface area contributed by atoms with E-state index < -0.39 is 35.7 Å². The van der Waals surface area contributed by atoms with Crippen LogP contribution in [0.15, 0.2) is 24.3 Å². The molecule has 194 valence electrons. The summed E-state index contributed by atoms with van der Waals surface area (Å²) >= 11 is 0. The molecule has 9 nitrogen and oxygen atoms in total. The summed E-state index contributed by atoms with van der Waals surface area (Å²) in [6, 6.07) is 5.38. The Balaban J connectivity index is 2.44. The number of amides is 3. The molecule has 1 aliphatic carbocycles. The fourth-order valence-electron chi connectivity index (χ4n) is 3.76. The Labute approximate surface area is 207 Å². The number of rotatable bonds is 10. The van der Waals surface area contributed by atoms with Gasteiger partial charge in [0.25, 0.3) is 0 Å². The van der Waals surface area contributed by atoms with Gasteiger partial charge in [0, 0.05) is 6.04 Å². The lowest BCUT2D eigenvalue weighted by Crippen LogP contribution is -2.56. The maximum absolute atomic E-state index is 14.0. The second kappa shape index (κ2) is 12.0. The van der Waals surface area contributed by atoms with Crippen molar-refractivity contribution in [2.45, 2.75) is 84.5 Å². The molecule has 1 aromatic carbocycles. The molecule has 0 heterocycles. The van der Waals surface area contributed by atoms with Gasteiger partial charge in [0.15, 0.2) is 0 Å². The van der Waals surface area contributed by atoms with Gasteiger partial charge in [0.1, 0.15) is 24.2 Å². The summed E-state index contributed by atoms with van der Waals surface area (Å²) in [6.45, 7) is 10.7. The number of benzene rings is 1. The van der Waals surface area contributed by atoms with Crippen molar-refractivity contribution in [2.75, 3.05) is 13.7 Å². The van der Waals surface area contributed by atoms with E-state index >= 15 is 0 Å². The van der Waals surface area contributed by atoms with Crippen LogP contribution in [0.4, 0.5) is 4.79 Å². The smallest absolute Gasteiger partial charge is 0.408 e. The minimum absolute atomic E-state index is 0.149. The highest BCUT2D eigenvalue weighted by molar-refractivity contribution is 5.93. The van der Waals surface area contributed by atoms with Crippen molar-refractivity contribution in [3.8, 4) is 0 Å². The molecule has 1 fully saturated rings. The Hall–Kier alpha value is -3.10. The van der Waals surface area contributed by atoms with E-state index in [1.54, 1.807) is 31.7 Å². The predicted octanol–water partition coefficient (Wildman–Crippen LogP) is 3.26. The molecule has 3 atom stereocenters. The van der Waals surface area contributed by atoms with Crippen LogP contribution >= 0.6 is 0 Å². The van der Waals surface area contributed by atoms with Crippen LogP contribution in [0.3, 0.4) is 0 Å². The summed E-state index contributed by atoms with van der Waals surface area (Å²) in [5, 5.41) is 5.35. The summed E-state index contributed by atoms with van der Waals surface area (Å²) < 4.78 is 10.0. The Morgan fingerprint density at radius 2 is 1.83 bits per heavy atom. The van der Waals surface area contributed by atoms with Gasteiger partial charge in [0.2, 0.25) is 11.8 Å². The molecule has 0 radical (unpaired) electrons. The van der Waals surface area contributed by atoms with Crippen LogP contribution in [0.25, 0.3) is 0 Å². The van der Waals surface area contributed by atoms with Crippen LogP contribution in [0.5, 0.6) is 0 Å². The first kappa shape index (κ1) is 28.1. The van der Waals surface area contributed by atoms with E-state index in [4.69, 9.17) is 4.74 Å². The Kier molecular flexibility index (Phi) is 9.68. The monoisotopic (exact) mass is 489 g/mol. The third-order valence-corrected chi connectivity index (χ3v) is 5.87. The van der Waals surface area contributed by atoms with Gasteiger partial charge in [-0.3, -0.25) is 14.4 Å². The second-order valence-corrected chi connectivity index (χ2v) is 10.1. The molecule has 1 aromatic rings. The number of esters is 1. The quantitative estimate of drug-likeness (QED) is 0.488. The zero-order valence-corrected chi connectivity index (χ0v) is 21.8. The average Bonchev–Trinajstić information content (AvgIpc) is 3.62. The van der Waals surface area contributed by atoms with Crippen molar-refractivity contribution in [1.29, 1.82) is 0 Å². The number of hydrogen-bond acceptors (Lipinski definition) is 6. The highest BCUT2D eigenvalue weighted by atomic mass is 16.6. The number of aryl methyl sites for hydroxylation is 1. The summed E-state index contributed by atoms with van der Waals surface area (Å²) in [5.41, 5.74) is 0.843. The predicted molar refractivity (Wildman–Crippen MR) is 131 cm³/mol. The van der Waals surface area contributed by atoms with Crippen LogP contribution in [-0.2, 0) is 23.9 Å². The lowest BCUT2D eigenvalue weighted by atomic mass is 9.95. The number of nitrogens with one attached hydrogen (secondary N) is 2. The fraction of sp³-hybridized carbons (Fsp3) is 0.615.